The topological polar surface area (TPSA) is 0 Å². The van der Waals surface area contributed by atoms with Crippen molar-refractivity contribution in [3.05, 3.63) is 77.9 Å². The Labute approximate surface area is 137 Å². The molecule has 2 aromatic carbocycles. The summed E-state index contributed by atoms with van der Waals surface area (Å²) >= 11 is 0. The second kappa shape index (κ2) is 12.9. The maximum atomic E-state index is 2.36. The molecule has 0 atom stereocenters. The predicted octanol–water partition coefficient (Wildman–Crippen LogP) is 7.22. The van der Waals surface area contributed by atoms with Crippen molar-refractivity contribution < 1.29 is 0 Å². The van der Waals surface area contributed by atoms with Crippen molar-refractivity contribution in [3.8, 4) is 0 Å². The summed E-state index contributed by atoms with van der Waals surface area (Å²) in [6, 6.07) is 21.2. The summed E-state index contributed by atoms with van der Waals surface area (Å²) in [6.45, 7) is 12.5. The van der Waals surface area contributed by atoms with Crippen molar-refractivity contribution in [1.82, 2.24) is 0 Å². The average Bonchev–Trinajstić information content (AvgIpc) is 2.60. The van der Waals surface area contributed by atoms with Crippen LogP contribution >= 0.6 is 0 Å². The molecule has 0 aliphatic rings. The molecule has 0 heterocycles. The van der Waals surface area contributed by atoms with Crippen LogP contribution in [0.5, 0.6) is 0 Å². The summed E-state index contributed by atoms with van der Waals surface area (Å²) in [6.07, 6.45) is 3.47. The van der Waals surface area contributed by atoms with Crippen LogP contribution in [-0.4, -0.2) is 0 Å². The van der Waals surface area contributed by atoms with Gasteiger partial charge in [-0.1, -0.05) is 108 Å². The fourth-order valence-corrected chi connectivity index (χ4v) is 1.99. The van der Waals surface area contributed by atoms with Crippen LogP contribution in [0.15, 0.2) is 66.7 Å². The molecule has 0 N–H and O–H groups in total. The van der Waals surface area contributed by atoms with E-state index in [2.05, 4.69) is 80.6 Å². The maximum Gasteiger partial charge on any atom is -0.0151 e. The average molecular weight is 296 g/mol. The molecule has 0 aliphatic heterocycles. The number of allylic oxidation sites excluding steroid dienone is 1. The van der Waals surface area contributed by atoms with E-state index in [1.165, 1.54) is 16.7 Å². The van der Waals surface area contributed by atoms with Gasteiger partial charge in [0.15, 0.2) is 0 Å². The Morgan fingerprint density at radius 2 is 1.09 bits per heavy atom. The van der Waals surface area contributed by atoms with Gasteiger partial charge in [-0.2, -0.15) is 0 Å². The molecular weight excluding hydrogens is 264 g/mol. The smallest absolute Gasteiger partial charge is 0.0151 e. The van der Waals surface area contributed by atoms with Crippen LogP contribution in [0.1, 0.15) is 59.1 Å². The maximum absolute atomic E-state index is 2.36. The molecule has 120 valence electrons. The summed E-state index contributed by atoms with van der Waals surface area (Å²) < 4.78 is 0. The van der Waals surface area contributed by atoms with Gasteiger partial charge in [-0.05, 0) is 29.0 Å². The summed E-state index contributed by atoms with van der Waals surface area (Å²) in [5, 5.41) is 0. The van der Waals surface area contributed by atoms with Crippen LogP contribution in [0.3, 0.4) is 0 Å². The third-order valence-corrected chi connectivity index (χ3v) is 2.96. The van der Waals surface area contributed by atoms with E-state index in [1.807, 2.05) is 27.7 Å². The first-order chi connectivity index (χ1) is 10.8. The Balaban J connectivity index is 0.00000102. The normalized spacial score (nSPS) is 9.05. The minimum Gasteiger partial charge on any atom is -0.0758 e. The lowest BCUT2D eigenvalue weighted by Crippen LogP contribution is -1.90. The fraction of sp³-hybridized carbons (Fsp3) is 0.364. The Hall–Kier alpha value is -1.82. The van der Waals surface area contributed by atoms with E-state index in [0.717, 1.165) is 6.42 Å². The molecule has 0 nitrogen and oxygen atoms in total. The van der Waals surface area contributed by atoms with Crippen LogP contribution in [0, 0.1) is 5.92 Å². The SMILES string of the molecule is CC.CC.CC(C)CC=C(c1ccccc1)c1ccccc1. The first-order valence-corrected chi connectivity index (χ1v) is 8.58. The first-order valence-electron chi connectivity index (χ1n) is 8.58. The van der Waals surface area contributed by atoms with Gasteiger partial charge in [0.05, 0.1) is 0 Å². The minimum atomic E-state index is 0.687. The Morgan fingerprint density at radius 3 is 1.41 bits per heavy atom. The van der Waals surface area contributed by atoms with Crippen LogP contribution in [0.4, 0.5) is 0 Å². The molecular formula is C22H32. The van der Waals surface area contributed by atoms with E-state index >= 15 is 0 Å². The van der Waals surface area contributed by atoms with Gasteiger partial charge >= 0.3 is 0 Å². The number of hydrogen-bond donors (Lipinski definition) is 0. The highest BCUT2D eigenvalue weighted by Gasteiger charge is 2.04. The van der Waals surface area contributed by atoms with Gasteiger partial charge < -0.3 is 0 Å². The molecule has 0 aliphatic carbocycles. The van der Waals surface area contributed by atoms with Crippen molar-refractivity contribution in [2.75, 3.05) is 0 Å². The summed E-state index contributed by atoms with van der Waals surface area (Å²) in [5.41, 5.74) is 3.93. The lowest BCUT2D eigenvalue weighted by atomic mass is 9.95. The third kappa shape index (κ3) is 7.26. The van der Waals surface area contributed by atoms with E-state index in [1.54, 1.807) is 0 Å². The number of benzene rings is 2. The fourth-order valence-electron chi connectivity index (χ4n) is 1.99. The van der Waals surface area contributed by atoms with Gasteiger partial charge in [0, 0.05) is 0 Å². The van der Waals surface area contributed by atoms with Crippen molar-refractivity contribution >= 4 is 5.57 Å². The van der Waals surface area contributed by atoms with Crippen LogP contribution in [0.25, 0.3) is 5.57 Å². The molecule has 0 spiro atoms. The van der Waals surface area contributed by atoms with Gasteiger partial charge in [-0.3, -0.25) is 0 Å². The minimum absolute atomic E-state index is 0.687. The molecule has 2 rings (SSSR count). The van der Waals surface area contributed by atoms with E-state index < -0.39 is 0 Å². The molecule has 0 bridgehead atoms. The number of rotatable bonds is 4. The summed E-state index contributed by atoms with van der Waals surface area (Å²) in [5.74, 6) is 0.687. The highest BCUT2D eigenvalue weighted by Crippen LogP contribution is 2.24. The van der Waals surface area contributed by atoms with Crippen molar-refractivity contribution in [3.63, 3.8) is 0 Å². The monoisotopic (exact) mass is 296 g/mol. The Morgan fingerprint density at radius 1 is 0.727 bits per heavy atom. The van der Waals surface area contributed by atoms with Gasteiger partial charge in [0.1, 0.15) is 0 Å². The largest absolute Gasteiger partial charge is 0.0758 e. The van der Waals surface area contributed by atoms with Crippen LogP contribution in [-0.2, 0) is 0 Å². The Kier molecular flexibility index (Phi) is 11.8. The highest BCUT2D eigenvalue weighted by atomic mass is 14.1. The third-order valence-electron chi connectivity index (χ3n) is 2.96. The van der Waals surface area contributed by atoms with Crippen LogP contribution < -0.4 is 0 Å². The van der Waals surface area contributed by atoms with Crippen molar-refractivity contribution in [2.24, 2.45) is 5.92 Å². The van der Waals surface area contributed by atoms with E-state index in [0.29, 0.717) is 5.92 Å². The van der Waals surface area contributed by atoms with Crippen molar-refractivity contribution in [2.45, 2.75) is 48.0 Å². The molecule has 22 heavy (non-hydrogen) atoms. The second-order valence-corrected chi connectivity index (χ2v) is 4.98. The van der Waals surface area contributed by atoms with Crippen LogP contribution in [0.2, 0.25) is 0 Å². The zero-order valence-electron chi connectivity index (χ0n) is 15.1. The van der Waals surface area contributed by atoms with Gasteiger partial charge in [0.2, 0.25) is 0 Å². The molecule has 0 saturated heterocycles. The van der Waals surface area contributed by atoms with Crippen molar-refractivity contribution in [1.29, 1.82) is 0 Å². The van der Waals surface area contributed by atoms with Gasteiger partial charge in [-0.25, -0.2) is 0 Å². The van der Waals surface area contributed by atoms with Gasteiger partial charge in [-0.15, -0.1) is 0 Å². The molecule has 0 heteroatoms. The molecule has 0 saturated carbocycles. The van der Waals surface area contributed by atoms with E-state index in [4.69, 9.17) is 0 Å². The highest BCUT2D eigenvalue weighted by molar-refractivity contribution is 5.79. The molecule has 0 fully saturated rings. The van der Waals surface area contributed by atoms with E-state index in [9.17, 15) is 0 Å². The summed E-state index contributed by atoms with van der Waals surface area (Å²) in [7, 11) is 0. The molecule has 0 amide bonds. The molecule has 0 aromatic heterocycles. The first kappa shape index (κ1) is 20.2. The molecule has 2 aromatic rings. The second-order valence-electron chi connectivity index (χ2n) is 4.98. The van der Waals surface area contributed by atoms with E-state index in [-0.39, 0.29) is 0 Å². The molecule has 0 unspecified atom stereocenters. The predicted molar refractivity (Wildman–Crippen MR) is 102 cm³/mol. The summed E-state index contributed by atoms with van der Waals surface area (Å²) in [4.78, 5) is 0. The lowest BCUT2D eigenvalue weighted by molar-refractivity contribution is 0.664. The Bertz CT molecular complexity index is 451. The van der Waals surface area contributed by atoms with Gasteiger partial charge in [0.25, 0.3) is 0 Å². The lowest BCUT2D eigenvalue weighted by Gasteiger charge is -2.09. The standard InChI is InChI=1S/C18H20.2C2H6/c1-15(2)13-14-18(16-9-5-3-6-10-16)17-11-7-4-8-12-17;2*1-2/h3-12,14-15H,13H2,1-2H3;2*1-2H3. The zero-order valence-corrected chi connectivity index (χ0v) is 15.1. The molecule has 0 radical (unpaired) electrons. The number of hydrogen-bond acceptors (Lipinski definition) is 0. The zero-order chi connectivity index (χ0) is 16.8. The quantitative estimate of drug-likeness (QED) is 0.559.